The van der Waals surface area contributed by atoms with Gasteiger partial charge in [-0.1, -0.05) is 37.1 Å². The molecular weight excluding hydrogens is 590 g/mol. The van der Waals surface area contributed by atoms with E-state index in [1.165, 1.54) is 36.1 Å². The Morgan fingerprint density at radius 1 is 0.956 bits per heavy atom. The smallest absolute Gasteiger partial charge is 0.410 e. The Morgan fingerprint density at radius 3 is 2.71 bits per heavy atom. The number of ether oxygens (including phenoxy) is 6. The van der Waals surface area contributed by atoms with Gasteiger partial charge in [0.15, 0.2) is 17.6 Å². The molecule has 2 fully saturated rings. The van der Waals surface area contributed by atoms with Crippen molar-refractivity contribution in [3.05, 3.63) is 82.9 Å². The van der Waals surface area contributed by atoms with Crippen molar-refractivity contribution in [1.82, 2.24) is 4.90 Å². The molecular formula is C36H41NO7S. The Hall–Kier alpha value is -3.40. The van der Waals surface area contributed by atoms with Crippen molar-refractivity contribution in [3.8, 4) is 17.2 Å². The van der Waals surface area contributed by atoms with Crippen molar-refractivity contribution in [2.75, 3.05) is 26.3 Å². The Labute approximate surface area is 269 Å². The number of hydrogen-bond acceptors (Lipinski definition) is 8. The molecule has 0 unspecified atom stereocenters. The van der Waals surface area contributed by atoms with Crippen LogP contribution in [-0.4, -0.2) is 54.4 Å². The van der Waals surface area contributed by atoms with Gasteiger partial charge in [0.1, 0.15) is 18.5 Å². The van der Waals surface area contributed by atoms with Gasteiger partial charge in [0.25, 0.3) is 0 Å². The summed E-state index contributed by atoms with van der Waals surface area (Å²) in [5.41, 5.74) is 4.15. The third kappa shape index (κ3) is 7.37. The number of fused-ring (bicyclic) bond motifs is 2. The van der Waals surface area contributed by atoms with E-state index in [-0.39, 0.29) is 18.3 Å². The van der Waals surface area contributed by atoms with Gasteiger partial charge in [0.2, 0.25) is 5.79 Å². The van der Waals surface area contributed by atoms with Crippen molar-refractivity contribution < 1.29 is 33.2 Å². The summed E-state index contributed by atoms with van der Waals surface area (Å²) in [6.07, 6.45) is 5.21. The zero-order valence-electron chi connectivity index (χ0n) is 26.0. The number of hydrogen-bond donors (Lipinski definition) is 0. The van der Waals surface area contributed by atoms with E-state index in [0.717, 1.165) is 33.4 Å². The molecule has 4 aliphatic rings. The van der Waals surface area contributed by atoms with Gasteiger partial charge in [0.05, 0.1) is 26.4 Å². The first-order valence-corrected chi connectivity index (χ1v) is 16.9. The standard InChI is InChI=1S/C36H41NO7S/c1-36(2)41-21-27-18-26(11-13-31(27)44-36)34-19-37(35(38)43-34)15-14-24-10-12-32-33(17-24)42-28(23-40-32)22-39-20-25-6-5-9-30(16-25)45-29-7-3-4-8-29/h5-6,9-13,16-18,28-29,34H,3-4,7-8,14-15,19-23H2,1-2H3/t28-,34+/m1/s1. The summed E-state index contributed by atoms with van der Waals surface area (Å²) in [7, 11) is 0. The molecule has 8 nitrogen and oxygen atoms in total. The highest BCUT2D eigenvalue weighted by Crippen LogP contribution is 2.37. The quantitative estimate of drug-likeness (QED) is 0.228. The molecule has 1 saturated carbocycles. The molecule has 9 heteroatoms. The lowest BCUT2D eigenvalue weighted by atomic mass is 10.0. The normalized spacial score (nSPS) is 22.2. The van der Waals surface area contributed by atoms with Crippen molar-refractivity contribution in [1.29, 1.82) is 0 Å². The van der Waals surface area contributed by atoms with Crippen LogP contribution < -0.4 is 14.2 Å². The summed E-state index contributed by atoms with van der Waals surface area (Å²) < 4.78 is 35.7. The molecule has 1 aliphatic carbocycles. The predicted octanol–water partition coefficient (Wildman–Crippen LogP) is 7.46. The summed E-state index contributed by atoms with van der Waals surface area (Å²) in [4.78, 5) is 15.8. The molecule has 2 atom stereocenters. The largest absolute Gasteiger partial charge is 0.486 e. The molecule has 7 rings (SSSR count). The first kappa shape index (κ1) is 30.3. The second-order valence-corrected chi connectivity index (χ2v) is 14.1. The molecule has 0 bridgehead atoms. The summed E-state index contributed by atoms with van der Waals surface area (Å²) >= 11 is 2.00. The van der Waals surface area contributed by atoms with Crippen LogP contribution >= 0.6 is 11.8 Å². The third-order valence-corrected chi connectivity index (χ3v) is 10.1. The number of nitrogens with zero attached hydrogens (tertiary/aromatic N) is 1. The molecule has 3 aromatic carbocycles. The molecule has 238 valence electrons. The maximum absolute atomic E-state index is 12.7. The molecule has 1 saturated heterocycles. The summed E-state index contributed by atoms with van der Waals surface area (Å²) in [6.45, 7) is 6.74. The monoisotopic (exact) mass is 631 g/mol. The van der Waals surface area contributed by atoms with E-state index < -0.39 is 5.79 Å². The van der Waals surface area contributed by atoms with E-state index in [1.54, 1.807) is 4.90 Å². The Bertz CT molecular complexity index is 1520. The molecule has 0 radical (unpaired) electrons. The van der Waals surface area contributed by atoms with Crippen LogP contribution in [0.1, 0.15) is 67.9 Å². The van der Waals surface area contributed by atoms with Gasteiger partial charge in [-0.3, -0.25) is 0 Å². The fraction of sp³-hybridized carbons (Fsp3) is 0.472. The first-order chi connectivity index (χ1) is 21.9. The minimum absolute atomic E-state index is 0.184. The van der Waals surface area contributed by atoms with Crippen LogP contribution in [0.3, 0.4) is 0 Å². The van der Waals surface area contributed by atoms with Gasteiger partial charge in [0, 0.05) is 36.1 Å². The topological polar surface area (TPSA) is 75.7 Å². The number of benzene rings is 3. The first-order valence-electron chi connectivity index (χ1n) is 16.0. The number of carbonyl (C=O) groups is 1. The number of amides is 1. The molecule has 0 spiro atoms. The van der Waals surface area contributed by atoms with Crippen LogP contribution in [0.2, 0.25) is 0 Å². The Kier molecular flexibility index (Phi) is 8.84. The molecule has 3 heterocycles. The van der Waals surface area contributed by atoms with Crippen molar-refractivity contribution in [2.45, 2.75) is 87.3 Å². The lowest BCUT2D eigenvalue weighted by Gasteiger charge is -2.32. The van der Waals surface area contributed by atoms with E-state index in [0.29, 0.717) is 51.7 Å². The molecule has 1 amide bonds. The molecule has 45 heavy (non-hydrogen) atoms. The average Bonchev–Trinajstić information content (AvgIpc) is 3.68. The molecule has 0 aromatic heterocycles. The van der Waals surface area contributed by atoms with Crippen LogP contribution in [0.5, 0.6) is 17.2 Å². The van der Waals surface area contributed by atoms with Crippen molar-refractivity contribution in [3.63, 3.8) is 0 Å². The minimum Gasteiger partial charge on any atom is -0.486 e. The van der Waals surface area contributed by atoms with E-state index in [2.05, 4.69) is 24.3 Å². The van der Waals surface area contributed by atoms with Crippen LogP contribution in [0.4, 0.5) is 4.79 Å². The van der Waals surface area contributed by atoms with Crippen LogP contribution in [0.15, 0.2) is 65.6 Å². The maximum Gasteiger partial charge on any atom is 0.410 e. The fourth-order valence-electron chi connectivity index (χ4n) is 6.30. The van der Waals surface area contributed by atoms with Gasteiger partial charge in [-0.15, -0.1) is 11.8 Å². The van der Waals surface area contributed by atoms with Crippen molar-refractivity contribution in [2.24, 2.45) is 0 Å². The molecule has 3 aliphatic heterocycles. The predicted molar refractivity (Wildman–Crippen MR) is 171 cm³/mol. The minimum atomic E-state index is -0.645. The van der Waals surface area contributed by atoms with Gasteiger partial charge >= 0.3 is 6.09 Å². The summed E-state index contributed by atoms with van der Waals surface area (Å²) in [5.74, 6) is 1.61. The summed E-state index contributed by atoms with van der Waals surface area (Å²) in [5, 5.41) is 0.750. The fourth-order valence-corrected chi connectivity index (χ4v) is 7.63. The number of rotatable bonds is 10. The number of thioether (sulfide) groups is 1. The zero-order chi connectivity index (χ0) is 30.8. The molecule has 3 aromatic rings. The lowest BCUT2D eigenvalue weighted by molar-refractivity contribution is -0.180. The highest BCUT2D eigenvalue weighted by molar-refractivity contribution is 8.00. The van der Waals surface area contributed by atoms with Crippen LogP contribution in [0.25, 0.3) is 0 Å². The van der Waals surface area contributed by atoms with E-state index >= 15 is 0 Å². The second kappa shape index (κ2) is 13.1. The Balaban J connectivity index is 0.890. The van der Waals surface area contributed by atoms with Crippen molar-refractivity contribution >= 4 is 17.9 Å². The lowest BCUT2D eigenvalue weighted by Crippen LogP contribution is -2.35. The van der Waals surface area contributed by atoms with Crippen LogP contribution in [-0.2, 0) is 33.8 Å². The number of cyclic esters (lactones) is 1. The van der Waals surface area contributed by atoms with Gasteiger partial charge in [-0.2, -0.15) is 0 Å². The maximum atomic E-state index is 12.7. The summed E-state index contributed by atoms with van der Waals surface area (Å²) in [6, 6.07) is 20.6. The van der Waals surface area contributed by atoms with E-state index in [9.17, 15) is 4.79 Å². The SMILES string of the molecule is CC1(C)OCc2cc([C@@H]3CN(CCc4ccc5c(c4)O[C@H](COCc4cccc(SC6CCCC6)c4)CO5)C(=O)O3)ccc2O1. The highest BCUT2D eigenvalue weighted by atomic mass is 32.2. The third-order valence-electron chi connectivity index (χ3n) is 8.75. The van der Waals surface area contributed by atoms with E-state index in [1.807, 2.05) is 62.0 Å². The van der Waals surface area contributed by atoms with Gasteiger partial charge in [-0.05, 0) is 72.4 Å². The molecule has 0 N–H and O–H groups in total. The zero-order valence-corrected chi connectivity index (χ0v) is 26.8. The van der Waals surface area contributed by atoms with Gasteiger partial charge < -0.3 is 33.3 Å². The average molecular weight is 632 g/mol. The number of carbonyl (C=O) groups excluding carboxylic acids is 1. The van der Waals surface area contributed by atoms with E-state index in [4.69, 9.17) is 28.4 Å². The second-order valence-electron chi connectivity index (χ2n) is 12.7. The van der Waals surface area contributed by atoms with Crippen LogP contribution in [0, 0.1) is 0 Å². The highest BCUT2D eigenvalue weighted by Gasteiger charge is 2.34. The Morgan fingerprint density at radius 2 is 1.82 bits per heavy atom. The van der Waals surface area contributed by atoms with Gasteiger partial charge in [-0.25, -0.2) is 4.79 Å².